The molecule has 118 valence electrons. The predicted molar refractivity (Wildman–Crippen MR) is 86.3 cm³/mol. The fraction of sp³-hybridized carbons (Fsp3) is 0.571. The first-order chi connectivity index (χ1) is 9.57. The molecular formula is C14H20Cl2N2O2S. The minimum Gasteiger partial charge on any atom is -0.327 e. The molecule has 1 unspecified atom stereocenters. The van der Waals surface area contributed by atoms with Gasteiger partial charge in [0.05, 0.1) is 10.0 Å². The first-order valence-corrected chi connectivity index (χ1v) is 8.97. The molecule has 4 nitrogen and oxygen atoms in total. The van der Waals surface area contributed by atoms with Gasteiger partial charge in [0.25, 0.3) is 0 Å². The zero-order valence-electron chi connectivity index (χ0n) is 12.4. The van der Waals surface area contributed by atoms with Gasteiger partial charge in [-0.1, -0.05) is 43.1 Å². The second-order valence-electron chi connectivity index (χ2n) is 6.23. The van der Waals surface area contributed by atoms with Crippen LogP contribution in [0.2, 0.25) is 10.0 Å². The summed E-state index contributed by atoms with van der Waals surface area (Å²) < 4.78 is 27.2. The normalized spacial score (nSPS) is 23.2. The van der Waals surface area contributed by atoms with E-state index in [0.29, 0.717) is 25.1 Å². The van der Waals surface area contributed by atoms with E-state index in [1.807, 2.05) is 13.8 Å². The molecule has 7 heteroatoms. The Balaban J connectivity index is 2.47. The molecule has 0 aliphatic carbocycles. The Morgan fingerprint density at radius 2 is 1.95 bits per heavy atom. The van der Waals surface area contributed by atoms with Crippen LogP contribution in [-0.2, 0) is 10.0 Å². The third kappa shape index (κ3) is 3.08. The van der Waals surface area contributed by atoms with E-state index in [2.05, 4.69) is 0 Å². The Bertz CT molecular complexity index is 659. The largest absolute Gasteiger partial charge is 0.327 e. The van der Waals surface area contributed by atoms with Gasteiger partial charge in [-0.15, -0.1) is 0 Å². The maximum absolute atomic E-state index is 12.9. The highest BCUT2D eigenvalue weighted by molar-refractivity contribution is 7.89. The number of halogens is 2. The van der Waals surface area contributed by atoms with E-state index >= 15 is 0 Å². The summed E-state index contributed by atoms with van der Waals surface area (Å²) in [6.45, 7) is 6.44. The highest BCUT2D eigenvalue weighted by atomic mass is 35.5. The molecule has 21 heavy (non-hydrogen) atoms. The summed E-state index contributed by atoms with van der Waals surface area (Å²) in [5.74, 6) is 0. The van der Waals surface area contributed by atoms with Crippen LogP contribution in [0.5, 0.6) is 0 Å². The van der Waals surface area contributed by atoms with Gasteiger partial charge in [0.2, 0.25) is 10.0 Å². The number of benzene rings is 1. The van der Waals surface area contributed by atoms with Gasteiger partial charge in [-0.2, -0.15) is 4.31 Å². The van der Waals surface area contributed by atoms with Crippen molar-refractivity contribution in [2.24, 2.45) is 11.1 Å². The summed E-state index contributed by atoms with van der Waals surface area (Å²) in [5, 5.41) is 0.341. The first-order valence-electron chi connectivity index (χ1n) is 6.77. The molecule has 1 atom stereocenters. The van der Waals surface area contributed by atoms with Gasteiger partial charge >= 0.3 is 0 Å². The van der Waals surface area contributed by atoms with Crippen LogP contribution in [-0.4, -0.2) is 31.9 Å². The van der Waals surface area contributed by atoms with Crippen LogP contribution in [0.1, 0.15) is 25.8 Å². The molecular weight excluding hydrogens is 331 g/mol. The number of hydrogen-bond acceptors (Lipinski definition) is 3. The molecule has 1 aromatic carbocycles. The number of aryl methyl sites for hydroxylation is 1. The summed E-state index contributed by atoms with van der Waals surface area (Å²) in [6, 6.07) is 3.25. The first kappa shape index (κ1) is 17.0. The van der Waals surface area contributed by atoms with Crippen LogP contribution in [0.15, 0.2) is 17.0 Å². The Morgan fingerprint density at radius 1 is 1.33 bits per heavy atom. The molecule has 1 saturated heterocycles. The number of piperidine rings is 1. The van der Waals surface area contributed by atoms with Crippen molar-refractivity contribution in [2.45, 2.75) is 38.1 Å². The van der Waals surface area contributed by atoms with Crippen molar-refractivity contribution in [3.8, 4) is 0 Å². The maximum Gasteiger partial charge on any atom is 0.246 e. The van der Waals surface area contributed by atoms with Gasteiger partial charge < -0.3 is 5.73 Å². The minimum absolute atomic E-state index is 0.00268. The number of nitrogens with zero attached hydrogens (tertiary/aromatic N) is 1. The lowest BCUT2D eigenvalue weighted by molar-refractivity contribution is 0.155. The molecule has 0 amide bonds. The number of rotatable bonds is 2. The van der Waals surface area contributed by atoms with Crippen molar-refractivity contribution in [3.05, 3.63) is 27.7 Å². The predicted octanol–water partition coefficient (Wildman–Crippen LogP) is 3.05. The van der Waals surface area contributed by atoms with Crippen LogP contribution in [0, 0.1) is 12.3 Å². The van der Waals surface area contributed by atoms with Crippen molar-refractivity contribution in [1.82, 2.24) is 4.31 Å². The Hall–Kier alpha value is -0.330. The van der Waals surface area contributed by atoms with Crippen molar-refractivity contribution < 1.29 is 8.42 Å². The zero-order chi connectivity index (χ0) is 16.0. The third-order valence-electron chi connectivity index (χ3n) is 4.12. The molecule has 0 radical (unpaired) electrons. The topological polar surface area (TPSA) is 63.4 Å². The molecule has 1 aromatic rings. The average Bonchev–Trinajstić information content (AvgIpc) is 2.37. The standard InChI is InChI=1S/C14H20Cl2N2O2S/c1-9-4-5-10(15)13(12(9)16)21(19,20)18-7-6-11(17)14(2,3)8-18/h4-5,11H,6-8,17H2,1-3H3. The van der Waals surface area contributed by atoms with Crippen LogP contribution < -0.4 is 5.73 Å². The van der Waals surface area contributed by atoms with E-state index in [9.17, 15) is 8.42 Å². The van der Waals surface area contributed by atoms with Gasteiger partial charge in [-0.3, -0.25) is 0 Å². The van der Waals surface area contributed by atoms with Gasteiger partial charge in [0.15, 0.2) is 0 Å². The molecule has 0 bridgehead atoms. The molecule has 0 saturated carbocycles. The maximum atomic E-state index is 12.9. The zero-order valence-corrected chi connectivity index (χ0v) is 14.7. The quantitative estimate of drug-likeness (QED) is 0.891. The molecule has 2 N–H and O–H groups in total. The number of sulfonamides is 1. The molecule has 0 aromatic heterocycles. The summed E-state index contributed by atoms with van der Waals surface area (Å²) >= 11 is 12.3. The summed E-state index contributed by atoms with van der Waals surface area (Å²) in [7, 11) is -3.73. The summed E-state index contributed by atoms with van der Waals surface area (Å²) in [5.41, 5.74) is 6.47. The van der Waals surface area contributed by atoms with Crippen LogP contribution in [0.25, 0.3) is 0 Å². The Kier molecular flexibility index (Phi) is 4.63. The van der Waals surface area contributed by atoms with E-state index in [4.69, 9.17) is 28.9 Å². The van der Waals surface area contributed by atoms with E-state index in [-0.39, 0.29) is 26.4 Å². The highest BCUT2D eigenvalue weighted by Gasteiger charge is 2.40. The highest BCUT2D eigenvalue weighted by Crippen LogP contribution is 2.37. The van der Waals surface area contributed by atoms with E-state index in [0.717, 1.165) is 0 Å². The van der Waals surface area contributed by atoms with E-state index in [1.54, 1.807) is 19.1 Å². The van der Waals surface area contributed by atoms with Crippen LogP contribution in [0.3, 0.4) is 0 Å². The molecule has 1 aliphatic rings. The fourth-order valence-electron chi connectivity index (χ4n) is 2.53. The van der Waals surface area contributed by atoms with Crippen molar-refractivity contribution >= 4 is 33.2 Å². The lowest BCUT2D eigenvalue weighted by Gasteiger charge is -2.41. The van der Waals surface area contributed by atoms with Crippen LogP contribution in [0.4, 0.5) is 0 Å². The Morgan fingerprint density at radius 3 is 2.52 bits per heavy atom. The van der Waals surface area contributed by atoms with Gasteiger partial charge in [-0.05, 0) is 30.4 Å². The summed E-state index contributed by atoms with van der Waals surface area (Å²) in [6.07, 6.45) is 0.618. The third-order valence-corrected chi connectivity index (χ3v) is 7.07. The lowest BCUT2D eigenvalue weighted by atomic mass is 9.81. The molecule has 2 rings (SSSR count). The van der Waals surface area contributed by atoms with Gasteiger partial charge in [0.1, 0.15) is 4.90 Å². The van der Waals surface area contributed by atoms with Crippen LogP contribution >= 0.6 is 23.2 Å². The number of nitrogens with two attached hydrogens (primary N) is 1. The van der Waals surface area contributed by atoms with E-state index < -0.39 is 10.0 Å². The second-order valence-corrected chi connectivity index (χ2v) is 8.89. The fourth-order valence-corrected chi connectivity index (χ4v) is 5.29. The molecule has 1 aliphatic heterocycles. The molecule has 0 spiro atoms. The average molecular weight is 351 g/mol. The van der Waals surface area contributed by atoms with Crippen molar-refractivity contribution in [3.63, 3.8) is 0 Å². The van der Waals surface area contributed by atoms with Gasteiger partial charge in [0, 0.05) is 19.1 Å². The van der Waals surface area contributed by atoms with Crippen molar-refractivity contribution in [1.29, 1.82) is 0 Å². The monoisotopic (exact) mass is 350 g/mol. The number of hydrogen-bond donors (Lipinski definition) is 1. The molecule has 1 heterocycles. The minimum atomic E-state index is -3.73. The Labute approximate surface area is 136 Å². The molecule has 1 fully saturated rings. The summed E-state index contributed by atoms with van der Waals surface area (Å²) in [4.78, 5) is -0.00268. The second kappa shape index (κ2) is 5.70. The smallest absolute Gasteiger partial charge is 0.246 e. The SMILES string of the molecule is Cc1ccc(Cl)c(S(=O)(=O)N2CCC(N)C(C)(C)C2)c1Cl. The van der Waals surface area contributed by atoms with E-state index in [1.165, 1.54) is 4.31 Å². The van der Waals surface area contributed by atoms with Gasteiger partial charge in [-0.25, -0.2) is 8.42 Å². The lowest BCUT2D eigenvalue weighted by Crippen LogP contribution is -2.53. The van der Waals surface area contributed by atoms with Crippen molar-refractivity contribution in [2.75, 3.05) is 13.1 Å².